The molecule has 0 bridgehead atoms. The topological polar surface area (TPSA) is 44.8 Å². The highest BCUT2D eigenvalue weighted by molar-refractivity contribution is 5.88. The van der Waals surface area contributed by atoms with E-state index in [4.69, 9.17) is 4.74 Å². The minimum atomic E-state index is -0.0348. The van der Waals surface area contributed by atoms with Gasteiger partial charge >= 0.3 is 0 Å². The third-order valence-electron chi connectivity index (χ3n) is 5.79. The molecule has 1 aliphatic heterocycles. The molecule has 0 aliphatic carbocycles. The average Bonchev–Trinajstić information content (AvgIpc) is 2.73. The van der Waals surface area contributed by atoms with Gasteiger partial charge in [-0.2, -0.15) is 0 Å². The Hall–Kier alpha value is -2.37. The van der Waals surface area contributed by atoms with E-state index in [9.17, 15) is 4.79 Å². The number of carbonyl (C=O) groups excluding carboxylic acids is 1. The first-order valence-corrected chi connectivity index (χ1v) is 10.9. The molecule has 5 heteroatoms. The first-order valence-electron chi connectivity index (χ1n) is 10.9. The average molecular weight is 410 g/mol. The van der Waals surface area contributed by atoms with Crippen LogP contribution in [0.15, 0.2) is 48.5 Å². The fourth-order valence-electron chi connectivity index (χ4n) is 4.41. The van der Waals surface area contributed by atoms with Crippen LogP contribution in [-0.4, -0.2) is 56.0 Å². The van der Waals surface area contributed by atoms with Crippen LogP contribution in [0, 0.1) is 5.92 Å². The number of nitrogens with zero attached hydrogens (tertiary/aromatic N) is 2. The van der Waals surface area contributed by atoms with Crippen molar-refractivity contribution in [1.29, 1.82) is 0 Å². The summed E-state index contributed by atoms with van der Waals surface area (Å²) >= 11 is 0. The molecule has 0 aromatic heterocycles. The Morgan fingerprint density at radius 1 is 1.20 bits per heavy atom. The number of amides is 1. The van der Waals surface area contributed by atoms with E-state index < -0.39 is 0 Å². The Morgan fingerprint density at radius 3 is 2.70 bits per heavy atom. The van der Waals surface area contributed by atoms with E-state index in [1.54, 1.807) is 7.11 Å². The van der Waals surface area contributed by atoms with Crippen LogP contribution >= 0.6 is 0 Å². The molecule has 162 valence electrons. The summed E-state index contributed by atoms with van der Waals surface area (Å²) in [5.41, 5.74) is 3.42. The van der Waals surface area contributed by atoms with Crippen LogP contribution in [0.2, 0.25) is 0 Å². The number of likely N-dealkylation sites (tertiary alicyclic amines) is 1. The van der Waals surface area contributed by atoms with Crippen molar-refractivity contribution >= 4 is 11.6 Å². The fourth-order valence-corrected chi connectivity index (χ4v) is 4.41. The summed E-state index contributed by atoms with van der Waals surface area (Å²) < 4.78 is 5.50. The lowest BCUT2D eigenvalue weighted by Gasteiger charge is -2.35. The second-order valence-electron chi connectivity index (χ2n) is 8.45. The Bertz CT molecular complexity index is 806. The van der Waals surface area contributed by atoms with Gasteiger partial charge in [-0.3, -0.25) is 4.79 Å². The van der Waals surface area contributed by atoms with E-state index in [2.05, 4.69) is 46.4 Å². The number of methoxy groups -OCH3 is 1. The van der Waals surface area contributed by atoms with Crippen molar-refractivity contribution in [2.24, 2.45) is 5.92 Å². The monoisotopic (exact) mass is 409 g/mol. The molecule has 2 aromatic rings. The summed E-state index contributed by atoms with van der Waals surface area (Å²) in [6.45, 7) is 7.02. The van der Waals surface area contributed by atoms with Crippen molar-refractivity contribution in [3.8, 4) is 5.75 Å². The van der Waals surface area contributed by atoms with Crippen LogP contribution in [0.25, 0.3) is 0 Å². The summed E-state index contributed by atoms with van der Waals surface area (Å²) in [4.78, 5) is 16.2. The molecule has 0 spiro atoms. The number of carbonyl (C=O) groups is 1. The first kappa shape index (κ1) is 22.3. The van der Waals surface area contributed by atoms with Gasteiger partial charge in [0.2, 0.25) is 5.91 Å². The zero-order valence-corrected chi connectivity index (χ0v) is 18.6. The molecule has 0 radical (unpaired) electrons. The molecule has 0 saturated carbocycles. The second kappa shape index (κ2) is 11.1. The molecular weight excluding hydrogens is 374 g/mol. The van der Waals surface area contributed by atoms with E-state index in [0.29, 0.717) is 5.92 Å². The highest BCUT2D eigenvalue weighted by Gasteiger charge is 2.21. The van der Waals surface area contributed by atoms with Crippen LogP contribution in [0.1, 0.15) is 30.9 Å². The Balaban J connectivity index is 1.45. The van der Waals surface area contributed by atoms with Gasteiger partial charge < -0.3 is 19.9 Å². The number of hydrogen-bond acceptors (Lipinski definition) is 4. The number of para-hydroxylation sites is 1. The Morgan fingerprint density at radius 2 is 1.97 bits per heavy atom. The van der Waals surface area contributed by atoms with E-state index in [1.807, 2.05) is 24.3 Å². The van der Waals surface area contributed by atoms with Crippen molar-refractivity contribution in [2.45, 2.75) is 32.7 Å². The van der Waals surface area contributed by atoms with E-state index in [1.165, 1.54) is 44.0 Å². The van der Waals surface area contributed by atoms with Crippen LogP contribution in [-0.2, 0) is 17.8 Å². The predicted octanol–water partition coefficient (Wildman–Crippen LogP) is 4.04. The minimum absolute atomic E-state index is 0.0348. The zero-order valence-electron chi connectivity index (χ0n) is 18.6. The summed E-state index contributed by atoms with van der Waals surface area (Å²) in [5.74, 6) is 1.67. The third kappa shape index (κ3) is 6.85. The molecule has 1 heterocycles. The van der Waals surface area contributed by atoms with E-state index in [0.717, 1.165) is 37.5 Å². The molecule has 1 amide bonds. The number of hydrogen-bond donors (Lipinski definition) is 1. The molecule has 2 aromatic carbocycles. The maximum atomic E-state index is 11.2. The molecule has 3 rings (SSSR count). The second-order valence-corrected chi connectivity index (χ2v) is 8.45. The molecular formula is C25H35N3O2. The molecule has 1 unspecified atom stereocenters. The van der Waals surface area contributed by atoms with Gasteiger partial charge in [-0.25, -0.2) is 0 Å². The SMILES string of the molecule is COc1ccccc1CCN1CCCC(CN(C)Cc2ccc(NC(C)=O)cc2)C1. The number of nitrogens with one attached hydrogen (secondary N) is 1. The van der Waals surface area contributed by atoms with E-state index >= 15 is 0 Å². The minimum Gasteiger partial charge on any atom is -0.496 e. The standard InChI is InChI=1S/C25H35N3O2/c1-20(29)26-24-12-10-21(11-13-24)17-27(2)18-22-7-6-15-28(19-22)16-14-23-8-4-5-9-25(23)30-3/h4-5,8-13,22H,6-7,14-19H2,1-3H3,(H,26,29). The maximum Gasteiger partial charge on any atom is 0.221 e. The number of rotatable bonds is 9. The number of benzene rings is 2. The van der Waals surface area contributed by atoms with Gasteiger partial charge in [0.1, 0.15) is 5.75 Å². The highest BCUT2D eigenvalue weighted by atomic mass is 16.5. The largest absolute Gasteiger partial charge is 0.496 e. The van der Waals surface area contributed by atoms with Crippen LogP contribution < -0.4 is 10.1 Å². The molecule has 30 heavy (non-hydrogen) atoms. The van der Waals surface area contributed by atoms with Crippen molar-refractivity contribution in [3.63, 3.8) is 0 Å². The lowest BCUT2D eigenvalue weighted by Crippen LogP contribution is -2.40. The van der Waals surface area contributed by atoms with Crippen molar-refractivity contribution in [2.75, 3.05) is 45.7 Å². The van der Waals surface area contributed by atoms with Gasteiger partial charge in [0.05, 0.1) is 7.11 Å². The lowest BCUT2D eigenvalue weighted by molar-refractivity contribution is -0.114. The molecule has 1 saturated heterocycles. The van der Waals surface area contributed by atoms with Gasteiger partial charge in [-0.1, -0.05) is 30.3 Å². The third-order valence-corrected chi connectivity index (χ3v) is 5.79. The predicted molar refractivity (Wildman–Crippen MR) is 123 cm³/mol. The zero-order chi connectivity index (χ0) is 21.3. The first-order chi connectivity index (χ1) is 14.5. The number of anilines is 1. The number of ether oxygens (including phenoxy) is 1. The summed E-state index contributed by atoms with van der Waals surface area (Å²) in [5, 5.41) is 2.82. The smallest absolute Gasteiger partial charge is 0.221 e. The summed E-state index contributed by atoms with van der Waals surface area (Å²) in [7, 11) is 3.95. The molecule has 5 nitrogen and oxygen atoms in total. The maximum absolute atomic E-state index is 11.2. The van der Waals surface area contributed by atoms with Gasteiger partial charge in [0, 0.05) is 38.8 Å². The van der Waals surface area contributed by atoms with Gasteiger partial charge in [0.15, 0.2) is 0 Å². The summed E-state index contributed by atoms with van der Waals surface area (Å²) in [6, 6.07) is 16.5. The van der Waals surface area contributed by atoms with Crippen LogP contribution in [0.5, 0.6) is 5.75 Å². The lowest BCUT2D eigenvalue weighted by atomic mass is 9.96. The highest BCUT2D eigenvalue weighted by Crippen LogP contribution is 2.21. The van der Waals surface area contributed by atoms with Crippen molar-refractivity contribution in [1.82, 2.24) is 9.80 Å². The summed E-state index contributed by atoms with van der Waals surface area (Å²) in [6.07, 6.45) is 3.61. The molecule has 1 fully saturated rings. The molecule has 1 aliphatic rings. The quantitative estimate of drug-likeness (QED) is 0.679. The van der Waals surface area contributed by atoms with Gasteiger partial charge in [0.25, 0.3) is 0 Å². The number of piperidine rings is 1. The molecule has 1 atom stereocenters. The van der Waals surface area contributed by atoms with Gasteiger partial charge in [-0.15, -0.1) is 0 Å². The molecule has 1 N–H and O–H groups in total. The van der Waals surface area contributed by atoms with Crippen LogP contribution in [0.3, 0.4) is 0 Å². The Kier molecular flexibility index (Phi) is 8.29. The van der Waals surface area contributed by atoms with Crippen molar-refractivity contribution < 1.29 is 9.53 Å². The van der Waals surface area contributed by atoms with Gasteiger partial charge in [-0.05, 0) is 68.1 Å². The fraction of sp³-hybridized carbons (Fsp3) is 0.480. The normalized spacial score (nSPS) is 17.1. The van der Waals surface area contributed by atoms with E-state index in [-0.39, 0.29) is 5.91 Å². The van der Waals surface area contributed by atoms with Crippen molar-refractivity contribution in [3.05, 3.63) is 59.7 Å². The van der Waals surface area contributed by atoms with Crippen LogP contribution in [0.4, 0.5) is 5.69 Å². The Labute approximate surface area is 181 Å².